The number of rotatable bonds is 4. The van der Waals surface area contributed by atoms with E-state index < -0.39 is 11.7 Å². The first kappa shape index (κ1) is 16.9. The normalized spacial score (nSPS) is 10.4. The zero-order valence-corrected chi connectivity index (χ0v) is 14.1. The Balaban J connectivity index is 1.70. The minimum absolute atomic E-state index is 0.0125. The van der Waals surface area contributed by atoms with Crippen molar-refractivity contribution in [3.05, 3.63) is 82.8 Å². The monoisotopic (exact) mass is 355 g/mol. The molecule has 1 aromatic heterocycles. The molecule has 2 N–H and O–H groups in total. The van der Waals surface area contributed by atoms with Crippen molar-refractivity contribution in [2.24, 2.45) is 0 Å². The highest BCUT2D eigenvalue weighted by Gasteiger charge is 2.11. The first-order chi connectivity index (χ1) is 12.0. The molecule has 0 atom stereocenters. The number of nitrogens with zero attached hydrogens (tertiary/aromatic N) is 1. The lowest BCUT2D eigenvalue weighted by Gasteiger charge is -2.10. The molecule has 0 spiro atoms. The van der Waals surface area contributed by atoms with Crippen LogP contribution in [-0.2, 0) is 0 Å². The summed E-state index contributed by atoms with van der Waals surface area (Å²) in [6.07, 6.45) is 1.51. The number of benzene rings is 2. The fourth-order valence-corrected chi connectivity index (χ4v) is 2.52. The maximum atomic E-state index is 13.6. The van der Waals surface area contributed by atoms with Crippen molar-refractivity contribution >= 4 is 34.7 Å². The lowest BCUT2D eigenvalue weighted by Crippen LogP contribution is -2.13. The van der Waals surface area contributed by atoms with Crippen LogP contribution in [0.3, 0.4) is 0 Å². The molecule has 126 valence electrons. The quantitative estimate of drug-likeness (QED) is 0.678. The van der Waals surface area contributed by atoms with Crippen molar-refractivity contribution in [2.45, 2.75) is 6.92 Å². The zero-order valence-electron chi connectivity index (χ0n) is 13.4. The zero-order chi connectivity index (χ0) is 17.8. The second kappa shape index (κ2) is 7.32. The third kappa shape index (κ3) is 4.14. The predicted octanol–water partition coefficient (Wildman–Crippen LogP) is 5.18. The van der Waals surface area contributed by atoms with E-state index in [-0.39, 0.29) is 5.56 Å². The molecule has 2 aromatic carbocycles. The molecule has 3 aromatic rings. The molecule has 0 saturated heterocycles. The molecule has 25 heavy (non-hydrogen) atoms. The standard InChI is InChI=1S/C19H15ClFN3O/c1-12-10-13(20)6-8-17(12)24-18-9-7-14(11-22-18)23-19(25)15-4-2-3-5-16(15)21/h2-11H,1H3,(H,22,24)(H,23,25). The van der Waals surface area contributed by atoms with Gasteiger partial charge in [-0.25, -0.2) is 9.37 Å². The molecular formula is C19H15ClFN3O. The van der Waals surface area contributed by atoms with Crippen molar-refractivity contribution in [2.75, 3.05) is 10.6 Å². The summed E-state index contributed by atoms with van der Waals surface area (Å²) in [5.41, 5.74) is 2.35. The van der Waals surface area contributed by atoms with Crippen molar-refractivity contribution < 1.29 is 9.18 Å². The number of pyridine rings is 1. The van der Waals surface area contributed by atoms with Crippen molar-refractivity contribution in [3.8, 4) is 0 Å². The number of halogens is 2. The second-order valence-electron chi connectivity index (χ2n) is 5.45. The number of carbonyl (C=O) groups is 1. The third-order valence-corrected chi connectivity index (χ3v) is 3.83. The summed E-state index contributed by atoms with van der Waals surface area (Å²) in [6, 6.07) is 14.8. The van der Waals surface area contributed by atoms with Crippen molar-refractivity contribution in [1.82, 2.24) is 4.98 Å². The van der Waals surface area contributed by atoms with Gasteiger partial charge in [-0.05, 0) is 55.0 Å². The highest BCUT2D eigenvalue weighted by Crippen LogP contribution is 2.23. The molecule has 0 aliphatic heterocycles. The molecule has 0 saturated carbocycles. The number of anilines is 3. The first-order valence-corrected chi connectivity index (χ1v) is 7.96. The Bertz CT molecular complexity index is 913. The van der Waals surface area contributed by atoms with Crippen LogP contribution in [0, 0.1) is 12.7 Å². The number of aromatic nitrogens is 1. The van der Waals surface area contributed by atoms with E-state index in [1.54, 1.807) is 24.3 Å². The Hall–Kier alpha value is -2.92. The smallest absolute Gasteiger partial charge is 0.258 e. The van der Waals surface area contributed by atoms with Crippen LogP contribution in [0.2, 0.25) is 5.02 Å². The molecule has 0 aliphatic rings. The van der Waals surface area contributed by atoms with Crippen molar-refractivity contribution in [3.63, 3.8) is 0 Å². The van der Waals surface area contributed by atoms with E-state index >= 15 is 0 Å². The number of hydrogen-bond donors (Lipinski definition) is 2. The van der Waals surface area contributed by atoms with Gasteiger partial charge in [-0.3, -0.25) is 4.79 Å². The summed E-state index contributed by atoms with van der Waals surface area (Å²) >= 11 is 5.94. The molecule has 3 rings (SSSR count). The van der Waals surface area contributed by atoms with E-state index in [1.165, 1.54) is 24.4 Å². The van der Waals surface area contributed by atoms with E-state index in [2.05, 4.69) is 15.6 Å². The Labute approximate surface area is 149 Å². The lowest BCUT2D eigenvalue weighted by molar-refractivity contribution is 0.102. The summed E-state index contributed by atoms with van der Waals surface area (Å²) in [7, 11) is 0. The third-order valence-electron chi connectivity index (χ3n) is 3.59. The number of nitrogens with one attached hydrogen (secondary N) is 2. The van der Waals surface area contributed by atoms with Gasteiger partial charge in [-0.1, -0.05) is 23.7 Å². The number of aryl methyl sites for hydroxylation is 1. The van der Waals surface area contributed by atoms with Crippen LogP contribution in [0.1, 0.15) is 15.9 Å². The van der Waals surface area contributed by atoms with Crippen LogP contribution < -0.4 is 10.6 Å². The van der Waals surface area contributed by atoms with Crippen LogP contribution in [0.4, 0.5) is 21.6 Å². The van der Waals surface area contributed by atoms with Crippen LogP contribution in [0.15, 0.2) is 60.8 Å². The summed E-state index contributed by atoms with van der Waals surface area (Å²) in [5, 5.41) is 6.47. The highest BCUT2D eigenvalue weighted by molar-refractivity contribution is 6.30. The van der Waals surface area contributed by atoms with E-state index in [0.29, 0.717) is 16.5 Å². The molecule has 0 aliphatic carbocycles. The summed E-state index contributed by atoms with van der Waals surface area (Å²) < 4.78 is 13.6. The molecule has 1 heterocycles. The van der Waals surface area contributed by atoms with Crippen LogP contribution in [-0.4, -0.2) is 10.9 Å². The van der Waals surface area contributed by atoms with Crippen LogP contribution >= 0.6 is 11.6 Å². The second-order valence-corrected chi connectivity index (χ2v) is 5.89. The predicted molar refractivity (Wildman–Crippen MR) is 98.1 cm³/mol. The van der Waals surface area contributed by atoms with Gasteiger partial charge >= 0.3 is 0 Å². The van der Waals surface area contributed by atoms with Gasteiger partial charge in [0.05, 0.1) is 17.4 Å². The highest BCUT2D eigenvalue weighted by atomic mass is 35.5. The molecule has 0 radical (unpaired) electrons. The molecule has 1 amide bonds. The fraction of sp³-hybridized carbons (Fsp3) is 0.0526. The molecule has 0 unspecified atom stereocenters. The van der Waals surface area contributed by atoms with Gasteiger partial charge in [0, 0.05) is 10.7 Å². The Morgan fingerprint density at radius 2 is 1.92 bits per heavy atom. The maximum absolute atomic E-state index is 13.6. The largest absolute Gasteiger partial charge is 0.340 e. The summed E-state index contributed by atoms with van der Waals surface area (Å²) in [4.78, 5) is 16.3. The van der Waals surface area contributed by atoms with Crippen LogP contribution in [0.5, 0.6) is 0 Å². The van der Waals surface area contributed by atoms with Crippen molar-refractivity contribution in [1.29, 1.82) is 0 Å². The number of amides is 1. The fourth-order valence-electron chi connectivity index (χ4n) is 2.29. The number of hydrogen-bond acceptors (Lipinski definition) is 3. The summed E-state index contributed by atoms with van der Waals surface area (Å²) in [5.74, 6) is -0.465. The average molecular weight is 356 g/mol. The molecule has 0 bridgehead atoms. The Morgan fingerprint density at radius 3 is 2.60 bits per heavy atom. The van der Waals surface area contributed by atoms with Gasteiger partial charge in [0.2, 0.25) is 0 Å². The Morgan fingerprint density at radius 1 is 1.12 bits per heavy atom. The van der Waals surface area contributed by atoms with Gasteiger partial charge in [-0.15, -0.1) is 0 Å². The van der Waals surface area contributed by atoms with E-state index in [4.69, 9.17) is 11.6 Å². The molecule has 6 heteroatoms. The van der Waals surface area contributed by atoms with Gasteiger partial charge in [0.15, 0.2) is 0 Å². The van der Waals surface area contributed by atoms with Gasteiger partial charge in [0.25, 0.3) is 5.91 Å². The first-order valence-electron chi connectivity index (χ1n) is 7.58. The minimum atomic E-state index is -0.565. The van der Waals surface area contributed by atoms with Gasteiger partial charge in [-0.2, -0.15) is 0 Å². The van der Waals surface area contributed by atoms with Gasteiger partial charge < -0.3 is 10.6 Å². The molecule has 0 fully saturated rings. The topological polar surface area (TPSA) is 54.0 Å². The van der Waals surface area contributed by atoms with E-state index in [0.717, 1.165) is 11.3 Å². The SMILES string of the molecule is Cc1cc(Cl)ccc1Nc1ccc(NC(=O)c2ccccc2F)cn1. The lowest BCUT2D eigenvalue weighted by atomic mass is 10.2. The number of carbonyl (C=O) groups excluding carboxylic acids is 1. The van der Waals surface area contributed by atoms with Crippen LogP contribution in [0.25, 0.3) is 0 Å². The summed E-state index contributed by atoms with van der Waals surface area (Å²) in [6.45, 7) is 1.94. The maximum Gasteiger partial charge on any atom is 0.258 e. The molecular weight excluding hydrogens is 341 g/mol. The van der Waals surface area contributed by atoms with Gasteiger partial charge in [0.1, 0.15) is 11.6 Å². The average Bonchev–Trinajstić information content (AvgIpc) is 2.59. The Kier molecular flexibility index (Phi) is 4.95. The molecule has 4 nitrogen and oxygen atoms in total. The van der Waals surface area contributed by atoms with E-state index in [9.17, 15) is 9.18 Å². The minimum Gasteiger partial charge on any atom is -0.340 e. The van der Waals surface area contributed by atoms with E-state index in [1.807, 2.05) is 19.1 Å².